The zero-order valence-corrected chi connectivity index (χ0v) is 13.1. The van der Waals surface area contributed by atoms with Crippen molar-refractivity contribution in [3.63, 3.8) is 0 Å². The molecule has 1 heterocycles. The normalized spacial score (nSPS) is 11.4. The molecular weight excluding hydrogens is 345 g/mol. The molecule has 2 rings (SSSR count). The molecular formula is C11H8Cl3N3O2S. The van der Waals surface area contributed by atoms with Crippen LogP contribution in [0.15, 0.2) is 29.4 Å². The Hall–Kier alpha value is -1.08. The van der Waals surface area contributed by atoms with Gasteiger partial charge in [-0.05, 0) is 24.6 Å². The first-order valence-corrected chi connectivity index (χ1v) is 7.88. The van der Waals surface area contributed by atoms with Gasteiger partial charge < -0.3 is 0 Å². The minimum atomic E-state index is -3.89. The van der Waals surface area contributed by atoms with Crippen molar-refractivity contribution in [3.8, 4) is 0 Å². The molecule has 1 aromatic heterocycles. The topological polar surface area (TPSA) is 72.0 Å². The van der Waals surface area contributed by atoms with Gasteiger partial charge in [0, 0.05) is 5.02 Å². The van der Waals surface area contributed by atoms with E-state index in [-0.39, 0.29) is 20.9 Å². The predicted octanol–water partition coefficient (Wildman–Crippen LogP) is 3.55. The monoisotopic (exact) mass is 351 g/mol. The summed E-state index contributed by atoms with van der Waals surface area (Å²) in [7, 11) is -3.89. The van der Waals surface area contributed by atoms with Crippen LogP contribution in [0.25, 0.3) is 0 Å². The van der Waals surface area contributed by atoms with Gasteiger partial charge in [0.2, 0.25) is 0 Å². The van der Waals surface area contributed by atoms with E-state index in [1.54, 1.807) is 13.0 Å². The first-order valence-electron chi connectivity index (χ1n) is 5.27. The second-order valence-corrected chi connectivity index (χ2v) is 6.57. The minimum Gasteiger partial charge on any atom is -0.274 e. The van der Waals surface area contributed by atoms with Crippen molar-refractivity contribution in [2.45, 2.75) is 11.8 Å². The summed E-state index contributed by atoms with van der Waals surface area (Å²) in [6.45, 7) is 1.60. The molecule has 5 nitrogen and oxygen atoms in total. The Balaban J connectivity index is 2.50. The number of sulfonamides is 1. The third-order valence-corrected chi connectivity index (χ3v) is 4.98. The van der Waals surface area contributed by atoms with E-state index in [0.717, 1.165) is 6.33 Å². The van der Waals surface area contributed by atoms with E-state index >= 15 is 0 Å². The van der Waals surface area contributed by atoms with E-state index in [4.69, 9.17) is 34.8 Å². The number of nitrogens with zero attached hydrogens (tertiary/aromatic N) is 2. The number of hydrogen-bond donors (Lipinski definition) is 1. The summed E-state index contributed by atoms with van der Waals surface area (Å²) < 4.78 is 26.9. The minimum absolute atomic E-state index is 0.0287. The molecule has 0 aliphatic heterocycles. The Labute approximate surface area is 131 Å². The lowest BCUT2D eigenvalue weighted by molar-refractivity contribution is 0.600. The zero-order chi connectivity index (χ0) is 14.9. The molecule has 0 atom stereocenters. The van der Waals surface area contributed by atoms with Gasteiger partial charge >= 0.3 is 0 Å². The van der Waals surface area contributed by atoms with Gasteiger partial charge in [-0.15, -0.1) is 0 Å². The summed E-state index contributed by atoms with van der Waals surface area (Å²) in [5, 5.41) is 0.163. The van der Waals surface area contributed by atoms with Gasteiger partial charge in [0.1, 0.15) is 12.0 Å². The summed E-state index contributed by atoms with van der Waals surface area (Å²) in [6, 6.07) is 4.56. The molecule has 0 spiro atoms. The van der Waals surface area contributed by atoms with Crippen LogP contribution in [0.4, 0.5) is 5.69 Å². The molecule has 9 heteroatoms. The lowest BCUT2D eigenvalue weighted by Crippen LogP contribution is -2.15. The van der Waals surface area contributed by atoms with Crippen LogP contribution in [0, 0.1) is 6.92 Å². The summed E-state index contributed by atoms with van der Waals surface area (Å²) in [5.74, 6) is 0. The molecule has 0 saturated heterocycles. The van der Waals surface area contributed by atoms with Gasteiger partial charge in [-0.2, -0.15) is 0 Å². The van der Waals surface area contributed by atoms with Crippen LogP contribution in [-0.4, -0.2) is 18.4 Å². The van der Waals surface area contributed by atoms with Crippen molar-refractivity contribution in [2.75, 3.05) is 4.72 Å². The quantitative estimate of drug-likeness (QED) is 0.858. The molecule has 106 valence electrons. The first kappa shape index (κ1) is 15.3. The van der Waals surface area contributed by atoms with Crippen LogP contribution in [-0.2, 0) is 10.0 Å². The van der Waals surface area contributed by atoms with E-state index in [1.807, 2.05) is 0 Å². The molecule has 0 saturated carbocycles. The molecule has 2 aromatic rings. The fraction of sp³-hybridized carbons (Fsp3) is 0.0909. The number of anilines is 1. The van der Waals surface area contributed by atoms with Crippen molar-refractivity contribution >= 4 is 50.5 Å². The maximum absolute atomic E-state index is 12.3. The molecule has 0 unspecified atom stereocenters. The van der Waals surface area contributed by atoms with Crippen LogP contribution in [0.5, 0.6) is 0 Å². The highest BCUT2D eigenvalue weighted by molar-refractivity contribution is 7.92. The molecule has 1 N–H and O–H groups in total. The van der Waals surface area contributed by atoms with E-state index in [9.17, 15) is 8.42 Å². The molecule has 0 aliphatic rings. The molecule has 0 amide bonds. The van der Waals surface area contributed by atoms with E-state index in [1.165, 1.54) is 12.1 Å². The molecule has 0 radical (unpaired) electrons. The molecule has 20 heavy (non-hydrogen) atoms. The Morgan fingerprint density at radius 1 is 1.10 bits per heavy atom. The number of rotatable bonds is 3. The third-order valence-electron chi connectivity index (χ3n) is 2.50. The number of nitrogens with one attached hydrogen (secondary N) is 1. The second-order valence-electron chi connectivity index (χ2n) is 3.80. The number of hydrogen-bond acceptors (Lipinski definition) is 4. The van der Waals surface area contributed by atoms with E-state index in [2.05, 4.69) is 14.7 Å². The highest BCUT2D eigenvalue weighted by atomic mass is 35.5. The van der Waals surface area contributed by atoms with Crippen molar-refractivity contribution in [2.24, 2.45) is 0 Å². The number of halogens is 3. The van der Waals surface area contributed by atoms with E-state index < -0.39 is 10.0 Å². The zero-order valence-electron chi connectivity index (χ0n) is 10.1. The lowest BCUT2D eigenvalue weighted by Gasteiger charge is -2.12. The van der Waals surface area contributed by atoms with Crippen LogP contribution < -0.4 is 4.72 Å². The van der Waals surface area contributed by atoms with Crippen molar-refractivity contribution in [1.82, 2.24) is 9.97 Å². The largest absolute Gasteiger partial charge is 0.274 e. The Morgan fingerprint density at radius 3 is 2.30 bits per heavy atom. The molecule has 0 bridgehead atoms. The molecule has 0 aliphatic carbocycles. The van der Waals surface area contributed by atoms with Crippen LogP contribution in [0.1, 0.15) is 5.56 Å². The van der Waals surface area contributed by atoms with E-state index in [0.29, 0.717) is 10.6 Å². The maximum atomic E-state index is 12.3. The SMILES string of the molecule is Cc1c(Cl)cccc1S(=O)(=O)Nc1c(Cl)ncnc1Cl. The predicted molar refractivity (Wildman–Crippen MR) is 79.0 cm³/mol. The van der Waals surface area contributed by atoms with Gasteiger partial charge in [-0.1, -0.05) is 40.9 Å². The highest BCUT2D eigenvalue weighted by Gasteiger charge is 2.21. The fourth-order valence-corrected chi connectivity index (χ4v) is 3.59. The highest BCUT2D eigenvalue weighted by Crippen LogP contribution is 2.30. The van der Waals surface area contributed by atoms with Crippen LogP contribution >= 0.6 is 34.8 Å². The van der Waals surface area contributed by atoms with Gasteiger partial charge in [0.25, 0.3) is 10.0 Å². The smallest absolute Gasteiger partial charge is 0.262 e. The third kappa shape index (κ3) is 2.98. The first-order chi connectivity index (χ1) is 9.33. The lowest BCUT2D eigenvalue weighted by atomic mass is 10.2. The average Bonchev–Trinajstić information content (AvgIpc) is 2.37. The Bertz CT molecular complexity index is 745. The maximum Gasteiger partial charge on any atom is 0.262 e. The summed E-state index contributed by atoms with van der Waals surface area (Å²) >= 11 is 17.5. The second kappa shape index (κ2) is 5.73. The van der Waals surface area contributed by atoms with Gasteiger partial charge in [0.05, 0.1) is 4.90 Å². The van der Waals surface area contributed by atoms with Crippen molar-refractivity contribution in [3.05, 3.63) is 45.4 Å². The fourth-order valence-electron chi connectivity index (χ4n) is 1.50. The van der Waals surface area contributed by atoms with Crippen molar-refractivity contribution < 1.29 is 8.42 Å². The average molecular weight is 353 g/mol. The standard InChI is InChI=1S/C11H8Cl3N3O2S/c1-6-7(12)3-2-4-8(6)20(18,19)17-9-10(13)15-5-16-11(9)14/h2-5,17H,1H3. The number of benzene rings is 1. The summed E-state index contributed by atoms with van der Waals surface area (Å²) in [6.07, 6.45) is 1.13. The van der Waals surface area contributed by atoms with Crippen molar-refractivity contribution in [1.29, 1.82) is 0 Å². The molecule has 0 fully saturated rings. The van der Waals surface area contributed by atoms with Gasteiger partial charge in [-0.3, -0.25) is 4.72 Å². The van der Waals surface area contributed by atoms with Crippen LogP contribution in [0.2, 0.25) is 15.3 Å². The summed E-state index contributed by atoms with van der Waals surface area (Å²) in [4.78, 5) is 7.38. The summed E-state index contributed by atoms with van der Waals surface area (Å²) in [5.41, 5.74) is 0.348. The van der Waals surface area contributed by atoms with Gasteiger partial charge in [0.15, 0.2) is 10.3 Å². The van der Waals surface area contributed by atoms with Crippen LogP contribution in [0.3, 0.4) is 0 Å². The molecule has 1 aromatic carbocycles. The van der Waals surface area contributed by atoms with Gasteiger partial charge in [-0.25, -0.2) is 18.4 Å². The Kier molecular flexibility index (Phi) is 4.39. The Morgan fingerprint density at radius 2 is 1.70 bits per heavy atom. The number of aromatic nitrogens is 2.